The van der Waals surface area contributed by atoms with Crippen molar-refractivity contribution in [3.63, 3.8) is 0 Å². The lowest BCUT2D eigenvalue weighted by Gasteiger charge is -2.33. The molecule has 0 aliphatic carbocycles. The molecule has 0 unspecified atom stereocenters. The molecule has 8 heteroatoms. The molecule has 1 fully saturated rings. The second-order valence-electron chi connectivity index (χ2n) is 5.35. The maximum Gasteiger partial charge on any atom is 0.213 e. The van der Waals surface area contributed by atoms with Gasteiger partial charge in [-0.05, 0) is 20.8 Å². The van der Waals surface area contributed by atoms with Crippen LogP contribution in [-0.4, -0.2) is 61.1 Å². The average Bonchev–Trinajstić information content (AvgIpc) is 2.97. The number of hydrogen-bond donors (Lipinski definition) is 0. The zero-order valence-corrected chi connectivity index (χ0v) is 15.1. The van der Waals surface area contributed by atoms with Crippen LogP contribution in [0, 0.1) is 0 Å². The van der Waals surface area contributed by atoms with Gasteiger partial charge in [-0.3, -0.25) is 4.90 Å². The fraction of sp³-hybridized carbons (Fsp3) is 0.786. The quantitative estimate of drug-likeness (QED) is 0.751. The second kappa shape index (κ2) is 7.83. The fourth-order valence-electron chi connectivity index (χ4n) is 2.48. The van der Waals surface area contributed by atoms with Crippen molar-refractivity contribution >= 4 is 21.4 Å². The van der Waals surface area contributed by atoms with E-state index in [1.54, 1.807) is 22.6 Å². The van der Waals surface area contributed by atoms with Crippen LogP contribution in [0.4, 0.5) is 0 Å². The van der Waals surface area contributed by atoms with E-state index >= 15 is 0 Å². The molecule has 0 amide bonds. The van der Waals surface area contributed by atoms with Crippen LogP contribution in [0.2, 0.25) is 0 Å². The van der Waals surface area contributed by atoms with Crippen molar-refractivity contribution < 1.29 is 13.2 Å². The molecule has 2 rings (SSSR count). The molecule has 6 nitrogen and oxygen atoms in total. The van der Waals surface area contributed by atoms with Crippen LogP contribution in [0.15, 0.2) is 5.38 Å². The maximum atomic E-state index is 11.8. The van der Waals surface area contributed by atoms with Gasteiger partial charge in [0.05, 0.1) is 11.4 Å². The Morgan fingerprint density at radius 1 is 1.32 bits per heavy atom. The molecule has 0 radical (unpaired) electrons. The summed E-state index contributed by atoms with van der Waals surface area (Å²) in [6.45, 7) is 9.80. The zero-order valence-electron chi connectivity index (χ0n) is 13.5. The van der Waals surface area contributed by atoms with Crippen molar-refractivity contribution in [2.24, 2.45) is 0 Å². The van der Waals surface area contributed by atoms with E-state index in [0.717, 1.165) is 30.3 Å². The van der Waals surface area contributed by atoms with Gasteiger partial charge in [-0.1, -0.05) is 0 Å². The van der Waals surface area contributed by atoms with Crippen molar-refractivity contribution in [2.45, 2.75) is 33.4 Å². The Labute approximate surface area is 137 Å². The highest BCUT2D eigenvalue weighted by Gasteiger charge is 2.25. The summed E-state index contributed by atoms with van der Waals surface area (Å²) in [5, 5.41) is 3.07. The van der Waals surface area contributed by atoms with Crippen LogP contribution in [0.1, 0.15) is 37.6 Å². The standard InChI is InChI=1S/C14H25N3O3S2/c1-4-20-12(3)14-15-13(11-21-14)10-16-6-8-17(9-7-16)22(18,19)5-2/h11-12H,4-10H2,1-3H3/t12-/m1/s1. The highest BCUT2D eigenvalue weighted by atomic mass is 32.2. The van der Waals surface area contributed by atoms with Gasteiger partial charge in [0.25, 0.3) is 0 Å². The molecule has 0 N–H and O–H groups in total. The fourth-order valence-corrected chi connectivity index (χ4v) is 4.38. The van der Waals surface area contributed by atoms with Crippen LogP contribution in [0.25, 0.3) is 0 Å². The Balaban J connectivity index is 1.86. The molecule has 0 saturated carbocycles. The summed E-state index contributed by atoms with van der Waals surface area (Å²) in [5.41, 5.74) is 1.04. The third-order valence-corrected chi connectivity index (χ3v) is 6.75. The molecule has 0 bridgehead atoms. The highest BCUT2D eigenvalue weighted by Crippen LogP contribution is 2.22. The van der Waals surface area contributed by atoms with Crippen LogP contribution < -0.4 is 0 Å². The SMILES string of the molecule is CCO[C@H](C)c1nc(CN2CCN(S(=O)(=O)CC)CC2)cs1. The molecule has 0 spiro atoms. The predicted octanol–water partition coefficient (Wildman–Crippen LogP) is 1.71. The summed E-state index contributed by atoms with van der Waals surface area (Å²) >= 11 is 1.63. The van der Waals surface area contributed by atoms with Gasteiger partial charge in [-0.15, -0.1) is 11.3 Å². The summed E-state index contributed by atoms with van der Waals surface area (Å²) < 4.78 is 30.8. The van der Waals surface area contributed by atoms with Crippen molar-refractivity contribution in [1.82, 2.24) is 14.2 Å². The largest absolute Gasteiger partial charge is 0.372 e. The number of piperazine rings is 1. The average molecular weight is 348 g/mol. The monoisotopic (exact) mass is 347 g/mol. The van der Waals surface area contributed by atoms with E-state index in [1.807, 2.05) is 13.8 Å². The molecule has 1 atom stereocenters. The van der Waals surface area contributed by atoms with Crippen LogP contribution in [0.3, 0.4) is 0 Å². The van der Waals surface area contributed by atoms with E-state index in [9.17, 15) is 8.42 Å². The first-order valence-corrected chi connectivity index (χ1v) is 10.2. The predicted molar refractivity (Wildman–Crippen MR) is 88.5 cm³/mol. The summed E-state index contributed by atoms with van der Waals surface area (Å²) in [7, 11) is -3.05. The molecular weight excluding hydrogens is 322 g/mol. The van der Waals surface area contributed by atoms with Crippen molar-refractivity contribution in [3.8, 4) is 0 Å². The molecule has 1 aromatic heterocycles. The molecule has 1 aromatic rings. The van der Waals surface area contributed by atoms with E-state index in [-0.39, 0.29) is 11.9 Å². The molecule has 1 aliphatic heterocycles. The summed E-state index contributed by atoms with van der Waals surface area (Å²) in [6.07, 6.45) is 0.0373. The lowest BCUT2D eigenvalue weighted by atomic mass is 10.3. The second-order valence-corrected chi connectivity index (χ2v) is 8.50. The minimum absolute atomic E-state index is 0.0373. The molecule has 2 heterocycles. The first-order valence-electron chi connectivity index (χ1n) is 7.72. The molecule has 1 aliphatic rings. The number of rotatable bonds is 7. The number of aromatic nitrogens is 1. The summed E-state index contributed by atoms with van der Waals surface area (Å²) in [4.78, 5) is 6.88. The molecule has 1 saturated heterocycles. The third kappa shape index (κ3) is 4.48. The van der Waals surface area contributed by atoms with Crippen LogP contribution in [-0.2, 0) is 21.3 Å². The van der Waals surface area contributed by atoms with Crippen LogP contribution in [0.5, 0.6) is 0 Å². The van der Waals surface area contributed by atoms with Gasteiger partial charge in [0.1, 0.15) is 11.1 Å². The van der Waals surface area contributed by atoms with Crippen LogP contribution >= 0.6 is 11.3 Å². The van der Waals surface area contributed by atoms with E-state index in [0.29, 0.717) is 19.7 Å². The molecule has 22 heavy (non-hydrogen) atoms. The van der Waals surface area contributed by atoms with E-state index in [1.165, 1.54) is 0 Å². The Hall–Kier alpha value is -0.540. The highest BCUT2D eigenvalue weighted by molar-refractivity contribution is 7.89. The molecule has 126 valence electrons. The molecule has 0 aromatic carbocycles. The lowest BCUT2D eigenvalue weighted by molar-refractivity contribution is 0.0759. The van der Waals surface area contributed by atoms with Gasteiger partial charge in [-0.25, -0.2) is 13.4 Å². The van der Waals surface area contributed by atoms with E-state index in [2.05, 4.69) is 15.3 Å². The summed E-state index contributed by atoms with van der Waals surface area (Å²) in [6, 6.07) is 0. The smallest absolute Gasteiger partial charge is 0.213 e. The van der Waals surface area contributed by atoms with Crippen molar-refractivity contribution in [1.29, 1.82) is 0 Å². The van der Waals surface area contributed by atoms with E-state index < -0.39 is 10.0 Å². The minimum Gasteiger partial charge on any atom is -0.372 e. The van der Waals surface area contributed by atoms with E-state index in [4.69, 9.17) is 4.74 Å². The lowest BCUT2D eigenvalue weighted by Crippen LogP contribution is -2.48. The van der Waals surface area contributed by atoms with Gasteiger partial charge in [0.2, 0.25) is 10.0 Å². The van der Waals surface area contributed by atoms with Gasteiger partial charge >= 0.3 is 0 Å². The Morgan fingerprint density at radius 3 is 2.59 bits per heavy atom. The Bertz CT molecular complexity index is 566. The normalized spacial score (nSPS) is 19.4. The molecular formula is C14H25N3O3S2. The number of hydrogen-bond acceptors (Lipinski definition) is 6. The maximum absolute atomic E-state index is 11.8. The third-order valence-electron chi connectivity index (χ3n) is 3.81. The van der Waals surface area contributed by atoms with Crippen molar-refractivity contribution in [3.05, 3.63) is 16.1 Å². The Kier molecular flexibility index (Phi) is 6.34. The first kappa shape index (κ1) is 17.8. The number of nitrogens with zero attached hydrogens (tertiary/aromatic N) is 3. The van der Waals surface area contributed by atoms with Crippen molar-refractivity contribution in [2.75, 3.05) is 38.5 Å². The topological polar surface area (TPSA) is 62.7 Å². The number of ether oxygens (including phenoxy) is 1. The van der Waals surface area contributed by atoms with Gasteiger partial charge in [0.15, 0.2) is 0 Å². The minimum atomic E-state index is -3.05. The summed E-state index contributed by atoms with van der Waals surface area (Å²) in [5.74, 6) is 0.178. The number of thiazole rings is 1. The van der Waals surface area contributed by atoms with Gasteiger partial charge in [0, 0.05) is 44.7 Å². The zero-order chi connectivity index (χ0) is 16.2. The Morgan fingerprint density at radius 2 is 2.00 bits per heavy atom. The van der Waals surface area contributed by atoms with Gasteiger partial charge < -0.3 is 4.74 Å². The van der Waals surface area contributed by atoms with Gasteiger partial charge in [-0.2, -0.15) is 4.31 Å². The number of sulfonamides is 1. The first-order chi connectivity index (χ1) is 10.5.